The number of halogens is 1. The van der Waals surface area contributed by atoms with E-state index < -0.39 is 0 Å². The Morgan fingerprint density at radius 3 is 2.83 bits per heavy atom. The van der Waals surface area contributed by atoms with Crippen LogP contribution < -0.4 is 0 Å². The minimum atomic E-state index is -0.280. The molecule has 2 heterocycles. The number of rotatable bonds is 2. The summed E-state index contributed by atoms with van der Waals surface area (Å²) in [5, 5.41) is 5.63. The molecule has 1 atom stereocenters. The zero-order valence-electron chi connectivity index (χ0n) is 9.67. The van der Waals surface area contributed by atoms with Crippen LogP contribution in [-0.4, -0.2) is 15.1 Å². The van der Waals surface area contributed by atoms with E-state index in [2.05, 4.69) is 15.1 Å². The van der Waals surface area contributed by atoms with E-state index in [9.17, 15) is 0 Å². The van der Waals surface area contributed by atoms with E-state index >= 15 is 0 Å². The van der Waals surface area contributed by atoms with Crippen LogP contribution in [0.15, 0.2) is 41.1 Å². The maximum atomic E-state index is 5.92. The summed E-state index contributed by atoms with van der Waals surface area (Å²) >= 11 is 5.92. The van der Waals surface area contributed by atoms with E-state index in [0.29, 0.717) is 17.4 Å². The molecule has 2 aromatic heterocycles. The second-order valence-corrected chi connectivity index (χ2v) is 4.61. The van der Waals surface area contributed by atoms with Gasteiger partial charge in [0.25, 0.3) is 5.89 Å². The SMILES string of the molecule is CC(Cl)c1noc(-c2nccc3ccccc23)n1. The van der Waals surface area contributed by atoms with Crippen LogP contribution in [0, 0.1) is 0 Å². The molecule has 0 bridgehead atoms. The highest BCUT2D eigenvalue weighted by Gasteiger charge is 2.15. The molecule has 0 fully saturated rings. The summed E-state index contributed by atoms with van der Waals surface area (Å²) in [7, 11) is 0. The van der Waals surface area contributed by atoms with Crippen molar-refractivity contribution in [3.8, 4) is 11.6 Å². The summed E-state index contributed by atoms with van der Waals surface area (Å²) in [6, 6.07) is 9.87. The van der Waals surface area contributed by atoms with Gasteiger partial charge in [-0.25, -0.2) is 0 Å². The smallest absolute Gasteiger partial charge is 0.277 e. The number of pyridine rings is 1. The second kappa shape index (κ2) is 4.38. The van der Waals surface area contributed by atoms with Gasteiger partial charge in [-0.15, -0.1) is 11.6 Å². The molecule has 5 heteroatoms. The zero-order valence-corrected chi connectivity index (χ0v) is 10.4. The fraction of sp³-hybridized carbons (Fsp3) is 0.154. The van der Waals surface area contributed by atoms with Crippen molar-refractivity contribution in [3.05, 3.63) is 42.4 Å². The fourth-order valence-electron chi connectivity index (χ4n) is 1.78. The van der Waals surface area contributed by atoms with Crippen LogP contribution in [0.5, 0.6) is 0 Å². The van der Waals surface area contributed by atoms with Crippen molar-refractivity contribution in [2.24, 2.45) is 0 Å². The molecular weight excluding hydrogens is 250 g/mol. The van der Waals surface area contributed by atoms with Crippen LogP contribution in [0.2, 0.25) is 0 Å². The number of aromatic nitrogens is 3. The number of hydrogen-bond donors (Lipinski definition) is 0. The van der Waals surface area contributed by atoms with Crippen LogP contribution in [0.1, 0.15) is 18.1 Å². The number of benzene rings is 1. The maximum absolute atomic E-state index is 5.92. The predicted octanol–water partition coefficient (Wildman–Crippen LogP) is 3.58. The first-order valence-electron chi connectivity index (χ1n) is 5.57. The zero-order chi connectivity index (χ0) is 12.5. The van der Waals surface area contributed by atoms with Crippen LogP contribution in [0.25, 0.3) is 22.4 Å². The Labute approximate surface area is 109 Å². The highest BCUT2D eigenvalue weighted by Crippen LogP contribution is 2.26. The predicted molar refractivity (Wildman–Crippen MR) is 69.3 cm³/mol. The number of alkyl halides is 1. The first kappa shape index (κ1) is 11.2. The minimum Gasteiger partial charge on any atom is -0.332 e. The Kier molecular flexibility index (Phi) is 2.72. The van der Waals surface area contributed by atoms with E-state index in [0.717, 1.165) is 10.8 Å². The Morgan fingerprint density at radius 2 is 2.06 bits per heavy atom. The van der Waals surface area contributed by atoms with E-state index in [1.165, 1.54) is 0 Å². The third-order valence-corrected chi connectivity index (χ3v) is 2.87. The van der Waals surface area contributed by atoms with Crippen LogP contribution in [0.3, 0.4) is 0 Å². The van der Waals surface area contributed by atoms with Gasteiger partial charge in [0, 0.05) is 11.6 Å². The third-order valence-electron chi connectivity index (χ3n) is 2.67. The lowest BCUT2D eigenvalue weighted by atomic mass is 10.1. The maximum Gasteiger partial charge on any atom is 0.277 e. The molecule has 90 valence electrons. The Hall–Kier alpha value is -1.94. The van der Waals surface area contributed by atoms with Crippen LogP contribution in [-0.2, 0) is 0 Å². The van der Waals surface area contributed by atoms with Crippen molar-refractivity contribution in [2.45, 2.75) is 12.3 Å². The molecule has 0 aliphatic rings. The molecule has 18 heavy (non-hydrogen) atoms. The van der Waals surface area contributed by atoms with Crippen molar-refractivity contribution in [1.29, 1.82) is 0 Å². The third kappa shape index (κ3) is 1.84. The highest BCUT2D eigenvalue weighted by atomic mass is 35.5. The lowest BCUT2D eigenvalue weighted by molar-refractivity contribution is 0.422. The molecule has 3 aromatic rings. The van der Waals surface area contributed by atoms with Crippen LogP contribution >= 0.6 is 11.6 Å². The van der Waals surface area contributed by atoms with E-state index in [1.54, 1.807) is 13.1 Å². The van der Waals surface area contributed by atoms with Gasteiger partial charge in [-0.2, -0.15) is 4.98 Å². The number of nitrogens with zero attached hydrogens (tertiary/aromatic N) is 3. The van der Waals surface area contributed by atoms with Gasteiger partial charge in [-0.3, -0.25) is 4.98 Å². The Bertz CT molecular complexity index is 688. The van der Waals surface area contributed by atoms with Crippen molar-refractivity contribution in [1.82, 2.24) is 15.1 Å². The first-order valence-corrected chi connectivity index (χ1v) is 6.01. The van der Waals surface area contributed by atoms with Gasteiger partial charge in [0.1, 0.15) is 5.69 Å². The molecule has 0 aliphatic heterocycles. The molecule has 0 N–H and O–H groups in total. The quantitative estimate of drug-likeness (QED) is 0.660. The topological polar surface area (TPSA) is 51.8 Å². The molecule has 1 aromatic carbocycles. The summed E-state index contributed by atoms with van der Waals surface area (Å²) in [6.07, 6.45) is 1.73. The highest BCUT2D eigenvalue weighted by molar-refractivity contribution is 6.20. The molecule has 0 saturated heterocycles. The molecule has 3 rings (SSSR count). The van der Waals surface area contributed by atoms with E-state index in [1.807, 2.05) is 30.3 Å². The Morgan fingerprint density at radius 1 is 1.22 bits per heavy atom. The lowest BCUT2D eigenvalue weighted by Crippen LogP contribution is -1.88. The monoisotopic (exact) mass is 259 g/mol. The summed E-state index contributed by atoms with van der Waals surface area (Å²) in [4.78, 5) is 8.57. The minimum absolute atomic E-state index is 0.280. The normalized spacial score (nSPS) is 12.8. The van der Waals surface area contributed by atoms with Gasteiger partial charge < -0.3 is 4.52 Å². The van der Waals surface area contributed by atoms with Crippen molar-refractivity contribution in [3.63, 3.8) is 0 Å². The van der Waals surface area contributed by atoms with Crippen molar-refractivity contribution >= 4 is 22.4 Å². The van der Waals surface area contributed by atoms with E-state index in [-0.39, 0.29) is 5.38 Å². The summed E-state index contributed by atoms with van der Waals surface area (Å²) in [5.74, 6) is 0.871. The van der Waals surface area contributed by atoms with Gasteiger partial charge in [0.15, 0.2) is 5.82 Å². The molecule has 1 unspecified atom stereocenters. The molecule has 4 nitrogen and oxygen atoms in total. The van der Waals surface area contributed by atoms with Crippen LogP contribution in [0.4, 0.5) is 0 Å². The molecule has 0 spiro atoms. The molecule has 0 saturated carbocycles. The van der Waals surface area contributed by atoms with Gasteiger partial charge in [0.05, 0.1) is 5.38 Å². The average molecular weight is 260 g/mol. The average Bonchev–Trinajstić information content (AvgIpc) is 2.87. The largest absolute Gasteiger partial charge is 0.332 e. The van der Waals surface area contributed by atoms with Crippen molar-refractivity contribution in [2.75, 3.05) is 0 Å². The summed E-state index contributed by atoms with van der Waals surface area (Å²) < 4.78 is 5.21. The molecule has 0 radical (unpaired) electrons. The lowest BCUT2D eigenvalue weighted by Gasteiger charge is -2.00. The standard InChI is InChI=1S/C13H10ClN3O/c1-8(14)12-16-13(18-17-12)11-10-5-3-2-4-9(10)6-7-15-11/h2-8H,1H3. The van der Waals surface area contributed by atoms with Gasteiger partial charge in [-0.05, 0) is 18.4 Å². The first-order chi connectivity index (χ1) is 8.75. The van der Waals surface area contributed by atoms with Crippen molar-refractivity contribution < 1.29 is 4.52 Å². The molecule has 0 aliphatic carbocycles. The summed E-state index contributed by atoms with van der Waals surface area (Å²) in [5.41, 5.74) is 0.684. The number of fused-ring (bicyclic) bond motifs is 1. The second-order valence-electron chi connectivity index (χ2n) is 3.95. The number of hydrogen-bond acceptors (Lipinski definition) is 4. The van der Waals surface area contributed by atoms with Gasteiger partial charge in [-0.1, -0.05) is 29.4 Å². The van der Waals surface area contributed by atoms with Gasteiger partial charge in [0.2, 0.25) is 0 Å². The fourth-order valence-corrected chi connectivity index (χ4v) is 1.87. The Balaban J connectivity index is 2.18. The molecular formula is C13H10ClN3O. The molecule has 0 amide bonds. The van der Waals surface area contributed by atoms with Gasteiger partial charge >= 0.3 is 0 Å². The van der Waals surface area contributed by atoms with E-state index in [4.69, 9.17) is 16.1 Å². The summed E-state index contributed by atoms with van der Waals surface area (Å²) in [6.45, 7) is 1.80.